The lowest BCUT2D eigenvalue weighted by atomic mass is 9.94. The third-order valence-corrected chi connectivity index (χ3v) is 4.77. The first kappa shape index (κ1) is 18.8. The van der Waals surface area contributed by atoms with Gasteiger partial charge in [-0.05, 0) is 14.1 Å². The summed E-state index contributed by atoms with van der Waals surface area (Å²) < 4.78 is 1.80. The minimum atomic E-state index is -0.489. The van der Waals surface area contributed by atoms with Gasteiger partial charge in [0.15, 0.2) is 5.82 Å². The molecule has 2 rings (SSSR count). The van der Waals surface area contributed by atoms with Crippen LogP contribution in [0.1, 0.15) is 20.8 Å². The second kappa shape index (κ2) is 7.57. The Kier molecular flexibility index (Phi) is 5.92. The summed E-state index contributed by atoms with van der Waals surface area (Å²) in [6, 6.07) is 1.35. The Morgan fingerprint density at radius 3 is 2.75 bits per heavy atom. The molecule has 1 aliphatic rings. The summed E-state index contributed by atoms with van der Waals surface area (Å²) in [7, 11) is 4.01. The minimum Gasteiger partial charge on any atom is -0.320 e. The SMILES string of the molecule is CN(C)CCn1ccc(NC(=O)C2CSCN2C(=O)C(C)(C)C)n1. The van der Waals surface area contributed by atoms with Crippen LogP contribution in [0, 0.1) is 5.41 Å². The molecule has 0 aromatic carbocycles. The number of likely N-dealkylation sites (N-methyl/N-ethyl adjacent to an activating group) is 1. The summed E-state index contributed by atoms with van der Waals surface area (Å²) in [6.07, 6.45) is 1.85. The maximum atomic E-state index is 12.6. The number of hydrogen-bond acceptors (Lipinski definition) is 5. The van der Waals surface area contributed by atoms with Crippen LogP contribution in [0.3, 0.4) is 0 Å². The predicted molar refractivity (Wildman–Crippen MR) is 96.8 cm³/mol. The Labute approximate surface area is 147 Å². The average Bonchev–Trinajstić information content (AvgIpc) is 3.12. The Morgan fingerprint density at radius 1 is 1.42 bits per heavy atom. The van der Waals surface area contributed by atoms with Gasteiger partial charge in [-0.25, -0.2) is 0 Å². The van der Waals surface area contributed by atoms with Crippen LogP contribution in [0.15, 0.2) is 12.3 Å². The Hall–Kier alpha value is -1.54. The Balaban J connectivity index is 1.97. The largest absolute Gasteiger partial charge is 0.320 e. The van der Waals surface area contributed by atoms with Crippen molar-refractivity contribution in [2.75, 3.05) is 37.6 Å². The van der Waals surface area contributed by atoms with E-state index in [2.05, 4.69) is 15.3 Å². The van der Waals surface area contributed by atoms with E-state index in [0.717, 1.165) is 13.1 Å². The zero-order valence-corrected chi connectivity index (χ0v) is 15.9. The fourth-order valence-electron chi connectivity index (χ4n) is 2.36. The van der Waals surface area contributed by atoms with Crippen LogP contribution < -0.4 is 5.32 Å². The number of thioether (sulfide) groups is 1. The number of nitrogens with one attached hydrogen (secondary N) is 1. The van der Waals surface area contributed by atoms with Gasteiger partial charge in [0.1, 0.15) is 6.04 Å². The van der Waals surface area contributed by atoms with Crippen LogP contribution >= 0.6 is 11.8 Å². The van der Waals surface area contributed by atoms with Crippen molar-refractivity contribution in [3.63, 3.8) is 0 Å². The normalized spacial score (nSPS) is 18.2. The highest BCUT2D eigenvalue weighted by atomic mass is 32.2. The molecular weight excluding hydrogens is 326 g/mol. The Bertz CT molecular complexity index is 594. The zero-order chi connectivity index (χ0) is 17.9. The molecule has 1 atom stereocenters. The molecule has 1 aromatic heterocycles. The quantitative estimate of drug-likeness (QED) is 0.865. The summed E-state index contributed by atoms with van der Waals surface area (Å²) in [6.45, 7) is 7.26. The van der Waals surface area contributed by atoms with Gasteiger partial charge < -0.3 is 15.1 Å². The maximum absolute atomic E-state index is 12.6. The van der Waals surface area contributed by atoms with E-state index in [-0.39, 0.29) is 11.8 Å². The minimum absolute atomic E-state index is 0.00385. The van der Waals surface area contributed by atoms with Crippen LogP contribution in [-0.4, -0.2) is 69.7 Å². The van der Waals surface area contributed by atoms with Gasteiger partial charge in [-0.3, -0.25) is 14.3 Å². The predicted octanol–water partition coefficient (Wildman–Crippen LogP) is 1.33. The molecule has 24 heavy (non-hydrogen) atoms. The summed E-state index contributed by atoms with van der Waals surface area (Å²) in [4.78, 5) is 28.8. The second-order valence-electron chi connectivity index (χ2n) is 7.30. The lowest BCUT2D eigenvalue weighted by molar-refractivity contribution is -0.143. The lowest BCUT2D eigenvalue weighted by Gasteiger charge is -2.29. The molecule has 7 nitrogen and oxygen atoms in total. The lowest BCUT2D eigenvalue weighted by Crippen LogP contribution is -2.48. The van der Waals surface area contributed by atoms with Gasteiger partial charge in [-0.1, -0.05) is 20.8 Å². The zero-order valence-electron chi connectivity index (χ0n) is 15.1. The molecule has 1 fully saturated rings. The van der Waals surface area contributed by atoms with Crippen LogP contribution in [-0.2, 0) is 16.1 Å². The molecule has 1 unspecified atom stereocenters. The molecule has 1 N–H and O–H groups in total. The van der Waals surface area contributed by atoms with E-state index >= 15 is 0 Å². The fraction of sp³-hybridized carbons (Fsp3) is 0.688. The van der Waals surface area contributed by atoms with E-state index in [1.165, 1.54) is 0 Å². The van der Waals surface area contributed by atoms with Gasteiger partial charge in [0, 0.05) is 30.0 Å². The van der Waals surface area contributed by atoms with Crippen LogP contribution in [0.5, 0.6) is 0 Å². The monoisotopic (exact) mass is 353 g/mol. The standard InChI is InChI=1S/C16H27N5O2S/c1-16(2,3)15(23)21-11-24-10-12(21)14(22)17-13-6-7-20(18-13)9-8-19(4)5/h6-7,12H,8-11H2,1-5H3,(H,17,18,22). The highest BCUT2D eigenvalue weighted by molar-refractivity contribution is 7.99. The van der Waals surface area contributed by atoms with Crippen LogP contribution in [0.25, 0.3) is 0 Å². The molecular formula is C16H27N5O2S. The van der Waals surface area contributed by atoms with Gasteiger partial charge in [-0.2, -0.15) is 5.10 Å². The van der Waals surface area contributed by atoms with Gasteiger partial charge in [0.05, 0.1) is 12.4 Å². The third-order valence-electron chi connectivity index (χ3n) is 3.76. The third kappa shape index (κ3) is 4.73. The molecule has 2 heterocycles. The van der Waals surface area contributed by atoms with Gasteiger partial charge >= 0.3 is 0 Å². The van der Waals surface area contributed by atoms with Gasteiger partial charge in [-0.15, -0.1) is 11.8 Å². The van der Waals surface area contributed by atoms with Gasteiger partial charge in [0.25, 0.3) is 0 Å². The second-order valence-corrected chi connectivity index (χ2v) is 8.30. The van der Waals surface area contributed by atoms with E-state index in [4.69, 9.17) is 0 Å². The van der Waals surface area contributed by atoms with Crippen LogP contribution in [0.4, 0.5) is 5.82 Å². The van der Waals surface area contributed by atoms with E-state index in [1.807, 2.05) is 41.1 Å². The van der Waals surface area contributed by atoms with Gasteiger partial charge in [0.2, 0.25) is 11.8 Å². The first-order valence-electron chi connectivity index (χ1n) is 8.06. The first-order valence-corrected chi connectivity index (χ1v) is 9.22. The molecule has 1 aromatic rings. The number of nitrogens with zero attached hydrogens (tertiary/aromatic N) is 4. The molecule has 0 bridgehead atoms. The number of aromatic nitrogens is 2. The topological polar surface area (TPSA) is 70.5 Å². The highest BCUT2D eigenvalue weighted by Gasteiger charge is 2.39. The molecule has 8 heteroatoms. The van der Waals surface area contributed by atoms with E-state index in [1.54, 1.807) is 27.4 Å². The molecule has 0 spiro atoms. The van der Waals surface area contributed by atoms with Crippen molar-refractivity contribution in [3.05, 3.63) is 12.3 Å². The van der Waals surface area contributed by atoms with Crippen molar-refractivity contribution in [2.45, 2.75) is 33.4 Å². The first-order chi connectivity index (χ1) is 11.2. The molecule has 2 amide bonds. The molecule has 0 aliphatic carbocycles. The molecule has 134 valence electrons. The Morgan fingerprint density at radius 2 is 2.12 bits per heavy atom. The van der Waals surface area contributed by atoms with E-state index in [0.29, 0.717) is 17.4 Å². The number of rotatable bonds is 5. The summed E-state index contributed by atoms with van der Waals surface area (Å²) in [5.41, 5.74) is -0.489. The van der Waals surface area contributed by atoms with Crippen molar-refractivity contribution in [1.29, 1.82) is 0 Å². The number of carbonyl (C=O) groups excluding carboxylic acids is 2. The average molecular weight is 353 g/mol. The number of hydrogen-bond donors (Lipinski definition) is 1. The summed E-state index contributed by atoms with van der Waals surface area (Å²) in [5, 5.41) is 7.20. The summed E-state index contributed by atoms with van der Waals surface area (Å²) >= 11 is 1.60. The smallest absolute Gasteiger partial charge is 0.249 e. The maximum Gasteiger partial charge on any atom is 0.249 e. The fourth-order valence-corrected chi connectivity index (χ4v) is 3.51. The molecule has 0 saturated carbocycles. The van der Waals surface area contributed by atoms with Crippen molar-refractivity contribution in [3.8, 4) is 0 Å². The molecule has 1 aliphatic heterocycles. The van der Waals surface area contributed by atoms with Crippen molar-refractivity contribution in [2.24, 2.45) is 5.41 Å². The highest BCUT2D eigenvalue weighted by Crippen LogP contribution is 2.28. The van der Waals surface area contributed by atoms with E-state index in [9.17, 15) is 9.59 Å². The molecule has 0 radical (unpaired) electrons. The summed E-state index contributed by atoms with van der Waals surface area (Å²) in [5.74, 6) is 1.54. The van der Waals surface area contributed by atoms with E-state index < -0.39 is 11.5 Å². The van der Waals surface area contributed by atoms with Crippen molar-refractivity contribution < 1.29 is 9.59 Å². The van der Waals surface area contributed by atoms with Crippen molar-refractivity contribution in [1.82, 2.24) is 19.6 Å². The van der Waals surface area contributed by atoms with Crippen molar-refractivity contribution >= 4 is 29.4 Å². The molecule has 1 saturated heterocycles. The number of carbonyl (C=O) groups is 2. The number of amides is 2. The van der Waals surface area contributed by atoms with Crippen LogP contribution in [0.2, 0.25) is 0 Å². The number of anilines is 1.